The largest absolute Gasteiger partial charge is 0.485 e. The molecule has 0 saturated carbocycles. The summed E-state index contributed by atoms with van der Waals surface area (Å²) in [5, 5.41) is 14.4. The fourth-order valence-electron chi connectivity index (χ4n) is 1.82. The van der Waals surface area contributed by atoms with Crippen molar-refractivity contribution >= 4 is 5.69 Å². The van der Waals surface area contributed by atoms with E-state index in [0.29, 0.717) is 17.5 Å². The molecule has 0 aliphatic rings. The van der Waals surface area contributed by atoms with Crippen LogP contribution in [0.3, 0.4) is 0 Å². The molecule has 0 N–H and O–H groups in total. The molecule has 0 aliphatic carbocycles. The number of benzene rings is 2. The van der Waals surface area contributed by atoms with Gasteiger partial charge in [0.1, 0.15) is 5.75 Å². The number of hydrogen-bond acceptors (Lipinski definition) is 6. The Balaban J connectivity index is 1.65. The van der Waals surface area contributed by atoms with E-state index in [1.807, 2.05) is 30.3 Å². The summed E-state index contributed by atoms with van der Waals surface area (Å²) in [7, 11) is 0. The molecule has 0 amide bonds. The van der Waals surface area contributed by atoms with Crippen molar-refractivity contribution in [2.75, 3.05) is 0 Å². The highest BCUT2D eigenvalue weighted by Gasteiger charge is 2.09. The second-order valence-corrected chi connectivity index (χ2v) is 4.42. The Hall–Kier alpha value is -3.22. The molecule has 0 bridgehead atoms. The number of aromatic nitrogens is 2. The molecule has 0 spiro atoms. The number of nitro groups is 1. The second kappa shape index (κ2) is 6.04. The Morgan fingerprint density at radius 1 is 1.09 bits per heavy atom. The Labute approximate surface area is 125 Å². The van der Waals surface area contributed by atoms with E-state index >= 15 is 0 Å². The molecule has 1 aromatic heterocycles. The predicted octanol–water partition coefficient (Wildman–Crippen LogP) is 3.22. The number of nitro benzene ring substituents is 1. The second-order valence-electron chi connectivity index (χ2n) is 4.42. The van der Waals surface area contributed by atoms with E-state index < -0.39 is 4.92 Å². The molecule has 110 valence electrons. The molecule has 0 unspecified atom stereocenters. The molecule has 0 aliphatic heterocycles. The molecule has 0 radical (unpaired) electrons. The van der Waals surface area contributed by atoms with Gasteiger partial charge in [0.05, 0.1) is 4.92 Å². The number of ether oxygens (including phenoxy) is 1. The molecule has 0 atom stereocenters. The smallest absolute Gasteiger partial charge is 0.269 e. The average Bonchev–Trinajstić information content (AvgIpc) is 3.03. The summed E-state index contributed by atoms with van der Waals surface area (Å²) in [6, 6.07) is 15.2. The van der Waals surface area contributed by atoms with E-state index in [9.17, 15) is 10.1 Å². The number of hydrogen-bond donors (Lipinski definition) is 0. The minimum Gasteiger partial charge on any atom is -0.485 e. The first-order valence-electron chi connectivity index (χ1n) is 6.47. The van der Waals surface area contributed by atoms with Crippen LogP contribution in [0.5, 0.6) is 5.75 Å². The lowest BCUT2D eigenvalue weighted by atomic mass is 10.2. The summed E-state index contributed by atoms with van der Waals surface area (Å²) in [5.41, 5.74) is 0.842. The standard InChI is InChI=1S/C15H11N3O4/c19-18(20)12-6-8-13(9-7-12)21-10-14-16-15(22-17-14)11-4-2-1-3-5-11/h1-9H,10H2. The summed E-state index contributed by atoms with van der Waals surface area (Å²) in [4.78, 5) is 14.3. The number of nitrogens with zero attached hydrogens (tertiary/aromatic N) is 3. The van der Waals surface area contributed by atoms with Gasteiger partial charge in [-0.1, -0.05) is 23.4 Å². The van der Waals surface area contributed by atoms with E-state index in [-0.39, 0.29) is 12.3 Å². The molecule has 2 aromatic carbocycles. The van der Waals surface area contributed by atoms with E-state index in [2.05, 4.69) is 10.1 Å². The number of non-ortho nitro benzene ring substituents is 1. The van der Waals surface area contributed by atoms with Crippen LogP contribution in [-0.4, -0.2) is 15.1 Å². The van der Waals surface area contributed by atoms with Crippen molar-refractivity contribution in [2.45, 2.75) is 6.61 Å². The van der Waals surface area contributed by atoms with Gasteiger partial charge in [-0.25, -0.2) is 0 Å². The van der Waals surface area contributed by atoms with Gasteiger partial charge in [0.15, 0.2) is 6.61 Å². The normalized spacial score (nSPS) is 10.4. The Morgan fingerprint density at radius 2 is 1.82 bits per heavy atom. The fourth-order valence-corrected chi connectivity index (χ4v) is 1.82. The first kappa shape index (κ1) is 13.7. The summed E-state index contributed by atoms with van der Waals surface area (Å²) < 4.78 is 10.6. The highest BCUT2D eigenvalue weighted by Crippen LogP contribution is 2.19. The summed E-state index contributed by atoms with van der Waals surface area (Å²) in [5.74, 6) is 1.32. The third-order valence-corrected chi connectivity index (χ3v) is 2.90. The van der Waals surface area contributed by atoms with Crippen LogP contribution in [0.15, 0.2) is 59.1 Å². The summed E-state index contributed by atoms with van der Waals surface area (Å²) in [6.45, 7) is 0.119. The van der Waals surface area contributed by atoms with Crippen LogP contribution in [0.25, 0.3) is 11.5 Å². The van der Waals surface area contributed by atoms with Crippen LogP contribution < -0.4 is 4.74 Å². The zero-order chi connectivity index (χ0) is 15.4. The zero-order valence-electron chi connectivity index (χ0n) is 11.4. The molecule has 22 heavy (non-hydrogen) atoms. The first-order valence-corrected chi connectivity index (χ1v) is 6.47. The minimum atomic E-state index is -0.463. The van der Waals surface area contributed by atoms with Crippen LogP contribution in [0.1, 0.15) is 5.82 Å². The van der Waals surface area contributed by atoms with Gasteiger partial charge in [-0.3, -0.25) is 10.1 Å². The van der Waals surface area contributed by atoms with Crippen molar-refractivity contribution in [1.29, 1.82) is 0 Å². The zero-order valence-corrected chi connectivity index (χ0v) is 11.4. The summed E-state index contributed by atoms with van der Waals surface area (Å²) in [6.07, 6.45) is 0. The van der Waals surface area contributed by atoms with Crippen LogP contribution in [-0.2, 0) is 6.61 Å². The molecule has 0 fully saturated rings. The minimum absolute atomic E-state index is 0.0123. The fraction of sp³-hybridized carbons (Fsp3) is 0.0667. The van der Waals surface area contributed by atoms with Crippen LogP contribution in [0.2, 0.25) is 0 Å². The lowest BCUT2D eigenvalue weighted by Gasteiger charge is -2.01. The molecule has 0 saturated heterocycles. The molecule has 3 rings (SSSR count). The van der Waals surface area contributed by atoms with Crippen molar-refractivity contribution in [3.8, 4) is 17.2 Å². The van der Waals surface area contributed by atoms with Gasteiger partial charge in [0.2, 0.25) is 5.82 Å². The van der Waals surface area contributed by atoms with Crippen molar-refractivity contribution in [1.82, 2.24) is 10.1 Å². The maximum Gasteiger partial charge on any atom is 0.269 e. The SMILES string of the molecule is O=[N+]([O-])c1ccc(OCc2noc(-c3ccccc3)n2)cc1. The third kappa shape index (κ3) is 3.09. The Morgan fingerprint density at radius 3 is 2.50 bits per heavy atom. The highest BCUT2D eigenvalue weighted by molar-refractivity contribution is 5.51. The Bertz CT molecular complexity index is 769. The maximum atomic E-state index is 10.6. The van der Waals surface area contributed by atoms with E-state index in [1.165, 1.54) is 24.3 Å². The van der Waals surface area contributed by atoms with Crippen molar-refractivity contribution in [3.05, 3.63) is 70.5 Å². The van der Waals surface area contributed by atoms with Crippen molar-refractivity contribution in [2.24, 2.45) is 0 Å². The van der Waals surface area contributed by atoms with E-state index in [4.69, 9.17) is 9.26 Å². The van der Waals surface area contributed by atoms with E-state index in [1.54, 1.807) is 0 Å². The van der Waals surface area contributed by atoms with Gasteiger partial charge in [-0.15, -0.1) is 0 Å². The lowest BCUT2D eigenvalue weighted by molar-refractivity contribution is -0.384. The third-order valence-electron chi connectivity index (χ3n) is 2.90. The molecule has 3 aromatic rings. The Kier molecular flexibility index (Phi) is 3.78. The molecular weight excluding hydrogens is 286 g/mol. The van der Waals surface area contributed by atoms with Gasteiger partial charge in [-0.2, -0.15) is 4.98 Å². The lowest BCUT2D eigenvalue weighted by Crippen LogP contribution is -1.97. The monoisotopic (exact) mass is 297 g/mol. The van der Waals surface area contributed by atoms with Crippen LogP contribution in [0.4, 0.5) is 5.69 Å². The maximum absolute atomic E-state index is 10.6. The average molecular weight is 297 g/mol. The molecule has 7 nitrogen and oxygen atoms in total. The molecular formula is C15H11N3O4. The topological polar surface area (TPSA) is 91.3 Å². The van der Waals surface area contributed by atoms with Gasteiger partial charge in [-0.05, 0) is 24.3 Å². The highest BCUT2D eigenvalue weighted by atomic mass is 16.6. The van der Waals surface area contributed by atoms with E-state index in [0.717, 1.165) is 5.56 Å². The molecule has 1 heterocycles. The quantitative estimate of drug-likeness (QED) is 0.530. The van der Waals surface area contributed by atoms with Crippen LogP contribution >= 0.6 is 0 Å². The number of rotatable bonds is 5. The van der Waals surface area contributed by atoms with Gasteiger partial charge in [0.25, 0.3) is 11.6 Å². The van der Waals surface area contributed by atoms with Gasteiger partial charge >= 0.3 is 0 Å². The molecule has 7 heteroatoms. The van der Waals surface area contributed by atoms with Crippen molar-refractivity contribution in [3.63, 3.8) is 0 Å². The van der Waals surface area contributed by atoms with Gasteiger partial charge in [0, 0.05) is 17.7 Å². The van der Waals surface area contributed by atoms with Crippen LogP contribution in [0, 0.1) is 10.1 Å². The first-order chi connectivity index (χ1) is 10.7. The van der Waals surface area contributed by atoms with Crippen molar-refractivity contribution < 1.29 is 14.2 Å². The predicted molar refractivity (Wildman–Crippen MR) is 77.2 cm³/mol. The summed E-state index contributed by atoms with van der Waals surface area (Å²) >= 11 is 0. The van der Waals surface area contributed by atoms with Gasteiger partial charge < -0.3 is 9.26 Å².